The highest BCUT2D eigenvalue weighted by Gasteiger charge is 2.31. The molecule has 0 aromatic carbocycles. The Morgan fingerprint density at radius 2 is 1.52 bits per heavy atom. The normalized spacial score (nSPS) is 15.0. The molecule has 11 nitrogen and oxygen atoms in total. The zero-order valence-electron chi connectivity index (χ0n) is 16.9. The molecule has 4 atom stereocenters. The number of nitrogens with two attached hydrogens (primary N) is 1. The zero-order chi connectivity index (χ0) is 22.7. The van der Waals surface area contributed by atoms with Crippen molar-refractivity contribution in [3.05, 3.63) is 0 Å². The van der Waals surface area contributed by atoms with Gasteiger partial charge in [0.1, 0.15) is 18.1 Å². The van der Waals surface area contributed by atoms with Crippen LogP contribution in [-0.4, -0.2) is 76.0 Å². The summed E-state index contributed by atoms with van der Waals surface area (Å²) >= 11 is 1.52. The number of amides is 3. The number of carbonyl (C=O) groups is 5. The summed E-state index contributed by atoms with van der Waals surface area (Å²) in [6.07, 6.45) is 1.53. The smallest absolute Gasteiger partial charge is 0.325 e. The third-order valence-corrected chi connectivity index (χ3v) is 4.60. The van der Waals surface area contributed by atoms with E-state index in [0.29, 0.717) is 12.2 Å². The molecule has 0 aromatic rings. The second-order valence-electron chi connectivity index (χ2n) is 6.85. The van der Waals surface area contributed by atoms with Gasteiger partial charge in [-0.1, -0.05) is 13.8 Å². The second-order valence-corrected chi connectivity index (χ2v) is 7.83. The molecule has 0 saturated carbocycles. The fraction of sp³-hybridized carbons (Fsp3) is 0.706. The van der Waals surface area contributed by atoms with E-state index in [1.807, 2.05) is 6.26 Å². The van der Waals surface area contributed by atoms with Gasteiger partial charge >= 0.3 is 11.9 Å². The minimum absolute atomic E-state index is 0.377. The third kappa shape index (κ3) is 10.1. The Bertz CT molecular complexity index is 615. The van der Waals surface area contributed by atoms with E-state index in [4.69, 9.17) is 15.9 Å². The molecule has 3 amide bonds. The average Bonchev–Trinajstić information content (AvgIpc) is 2.62. The highest BCUT2D eigenvalue weighted by Crippen LogP contribution is 2.06. The van der Waals surface area contributed by atoms with Crippen molar-refractivity contribution < 1.29 is 34.2 Å². The van der Waals surface area contributed by atoms with Crippen molar-refractivity contribution in [3.8, 4) is 0 Å². The van der Waals surface area contributed by atoms with Gasteiger partial charge in [-0.25, -0.2) is 0 Å². The number of thioether (sulfide) groups is 1. The summed E-state index contributed by atoms with van der Waals surface area (Å²) in [6, 6.07) is -4.65. The maximum Gasteiger partial charge on any atom is 0.325 e. The van der Waals surface area contributed by atoms with Crippen LogP contribution in [0, 0.1) is 5.92 Å². The molecular weight excluding hydrogens is 404 g/mol. The van der Waals surface area contributed by atoms with Gasteiger partial charge in [0.05, 0.1) is 12.5 Å². The lowest BCUT2D eigenvalue weighted by molar-refractivity contribution is -0.143. The molecule has 0 spiro atoms. The zero-order valence-corrected chi connectivity index (χ0v) is 17.7. The molecular formula is C17H30N4O7S. The molecule has 0 bridgehead atoms. The van der Waals surface area contributed by atoms with E-state index in [9.17, 15) is 24.0 Å². The summed E-state index contributed by atoms with van der Waals surface area (Å²) in [5.74, 6) is -4.65. The van der Waals surface area contributed by atoms with Crippen LogP contribution in [0.2, 0.25) is 0 Å². The molecule has 0 heterocycles. The van der Waals surface area contributed by atoms with E-state index in [1.54, 1.807) is 13.8 Å². The molecule has 29 heavy (non-hydrogen) atoms. The molecule has 0 aliphatic rings. The summed E-state index contributed by atoms with van der Waals surface area (Å²) in [7, 11) is 0. The van der Waals surface area contributed by atoms with Crippen LogP contribution in [0.25, 0.3) is 0 Å². The highest BCUT2D eigenvalue weighted by atomic mass is 32.2. The standard InChI is InChI=1S/C17H30N4O7S/c1-8(2)13(21-14(24)10(18)5-6-29-4)16(26)20-11(7-12(22)23)15(25)19-9(3)17(27)28/h8-11,13H,5-7,18H2,1-4H3,(H,19,25)(H,20,26)(H,21,24)(H,22,23)(H,27,28). The minimum Gasteiger partial charge on any atom is -0.481 e. The number of carboxylic acid groups (broad SMARTS) is 2. The summed E-state index contributed by atoms with van der Waals surface area (Å²) in [6.45, 7) is 4.53. The van der Waals surface area contributed by atoms with E-state index in [2.05, 4.69) is 16.0 Å². The summed E-state index contributed by atoms with van der Waals surface area (Å²) < 4.78 is 0. The first kappa shape index (κ1) is 26.7. The fourth-order valence-electron chi connectivity index (χ4n) is 2.19. The Morgan fingerprint density at radius 1 is 0.931 bits per heavy atom. The van der Waals surface area contributed by atoms with Crippen molar-refractivity contribution in [1.82, 2.24) is 16.0 Å². The first-order chi connectivity index (χ1) is 13.4. The number of carbonyl (C=O) groups excluding carboxylic acids is 3. The van der Waals surface area contributed by atoms with E-state index in [0.717, 1.165) is 0 Å². The SMILES string of the molecule is CSCCC(N)C(=O)NC(C(=O)NC(CC(=O)O)C(=O)NC(C)C(=O)O)C(C)C. The van der Waals surface area contributed by atoms with Crippen LogP contribution in [0.1, 0.15) is 33.6 Å². The quantitative estimate of drug-likeness (QED) is 0.206. The Labute approximate surface area is 173 Å². The highest BCUT2D eigenvalue weighted by molar-refractivity contribution is 7.98. The van der Waals surface area contributed by atoms with Gasteiger partial charge in [-0.05, 0) is 31.3 Å². The largest absolute Gasteiger partial charge is 0.481 e. The third-order valence-electron chi connectivity index (χ3n) is 3.96. The Hall–Kier alpha value is -2.34. The predicted molar refractivity (Wildman–Crippen MR) is 107 cm³/mol. The van der Waals surface area contributed by atoms with Gasteiger partial charge in [-0.3, -0.25) is 24.0 Å². The molecule has 0 saturated heterocycles. The first-order valence-corrected chi connectivity index (χ1v) is 10.4. The van der Waals surface area contributed by atoms with Gasteiger partial charge in [-0.15, -0.1) is 0 Å². The molecule has 12 heteroatoms. The Balaban J connectivity index is 5.23. The van der Waals surface area contributed by atoms with E-state index < -0.39 is 60.2 Å². The molecule has 166 valence electrons. The van der Waals surface area contributed by atoms with Crippen molar-refractivity contribution in [2.24, 2.45) is 11.7 Å². The van der Waals surface area contributed by atoms with E-state index in [-0.39, 0.29) is 5.92 Å². The lowest BCUT2D eigenvalue weighted by atomic mass is 10.0. The van der Waals surface area contributed by atoms with Crippen molar-refractivity contribution in [3.63, 3.8) is 0 Å². The molecule has 0 rings (SSSR count). The molecule has 4 unspecified atom stereocenters. The monoisotopic (exact) mass is 434 g/mol. The maximum absolute atomic E-state index is 12.6. The van der Waals surface area contributed by atoms with E-state index >= 15 is 0 Å². The van der Waals surface area contributed by atoms with Gasteiger partial charge in [0.25, 0.3) is 0 Å². The Morgan fingerprint density at radius 3 is 1.97 bits per heavy atom. The average molecular weight is 435 g/mol. The predicted octanol–water partition coefficient (Wildman–Crippen LogP) is -1.24. The molecule has 0 fully saturated rings. The number of hydrogen-bond donors (Lipinski definition) is 6. The Kier molecular flexibility index (Phi) is 11.9. The number of nitrogens with one attached hydrogen (secondary N) is 3. The topological polar surface area (TPSA) is 188 Å². The van der Waals surface area contributed by atoms with Gasteiger partial charge in [-0.2, -0.15) is 11.8 Å². The van der Waals surface area contributed by atoms with Crippen LogP contribution >= 0.6 is 11.8 Å². The lowest BCUT2D eigenvalue weighted by Crippen LogP contribution is -2.58. The molecule has 0 radical (unpaired) electrons. The van der Waals surface area contributed by atoms with Gasteiger partial charge < -0.3 is 31.9 Å². The number of aliphatic carboxylic acids is 2. The summed E-state index contributed by atoms with van der Waals surface area (Å²) in [4.78, 5) is 59.0. The number of rotatable bonds is 13. The van der Waals surface area contributed by atoms with Gasteiger partial charge in [0, 0.05) is 0 Å². The molecule has 7 N–H and O–H groups in total. The van der Waals surface area contributed by atoms with Crippen molar-refractivity contribution in [2.45, 2.75) is 57.8 Å². The first-order valence-electron chi connectivity index (χ1n) is 9.00. The van der Waals surface area contributed by atoms with Crippen molar-refractivity contribution in [2.75, 3.05) is 12.0 Å². The molecule has 0 aliphatic carbocycles. The number of carboxylic acids is 2. The minimum atomic E-state index is -1.51. The van der Waals surface area contributed by atoms with Gasteiger partial charge in [0.2, 0.25) is 17.7 Å². The van der Waals surface area contributed by atoms with Crippen LogP contribution in [0.3, 0.4) is 0 Å². The summed E-state index contributed by atoms with van der Waals surface area (Å²) in [5.41, 5.74) is 5.80. The summed E-state index contributed by atoms with van der Waals surface area (Å²) in [5, 5.41) is 24.8. The fourth-order valence-corrected chi connectivity index (χ4v) is 2.68. The van der Waals surface area contributed by atoms with Crippen LogP contribution in [0.4, 0.5) is 0 Å². The van der Waals surface area contributed by atoms with Crippen LogP contribution < -0.4 is 21.7 Å². The molecule has 0 aliphatic heterocycles. The lowest BCUT2D eigenvalue weighted by Gasteiger charge is -2.26. The maximum atomic E-state index is 12.6. The van der Waals surface area contributed by atoms with Gasteiger partial charge in [0.15, 0.2) is 0 Å². The van der Waals surface area contributed by atoms with Crippen LogP contribution in [-0.2, 0) is 24.0 Å². The molecule has 0 aromatic heterocycles. The van der Waals surface area contributed by atoms with Crippen LogP contribution in [0.5, 0.6) is 0 Å². The second kappa shape index (κ2) is 13.0. The van der Waals surface area contributed by atoms with Crippen molar-refractivity contribution >= 4 is 41.4 Å². The number of hydrogen-bond acceptors (Lipinski definition) is 7. The van der Waals surface area contributed by atoms with Crippen LogP contribution in [0.15, 0.2) is 0 Å². The van der Waals surface area contributed by atoms with E-state index in [1.165, 1.54) is 18.7 Å². The van der Waals surface area contributed by atoms with Crippen molar-refractivity contribution in [1.29, 1.82) is 0 Å².